The van der Waals surface area contributed by atoms with Crippen molar-refractivity contribution in [3.63, 3.8) is 0 Å². The number of aliphatic hydroxyl groups excluding tert-OH is 1. The largest absolute Gasteiger partial charge is 0.468 e. The van der Waals surface area contributed by atoms with Crippen LogP contribution in [0.1, 0.15) is 68.9 Å². The molecule has 0 aliphatic heterocycles. The van der Waals surface area contributed by atoms with Gasteiger partial charge in [0.15, 0.2) is 6.79 Å². The Balaban J connectivity index is 1.44. The van der Waals surface area contributed by atoms with Crippen LogP contribution in [0.3, 0.4) is 0 Å². The number of aliphatic hydroxyl groups is 1. The molecule has 0 amide bonds. The van der Waals surface area contributed by atoms with Crippen LogP contribution in [0.25, 0.3) is 0 Å². The molecule has 4 rings (SSSR count). The average molecular weight is 521 g/mol. The minimum absolute atomic E-state index is 0.0615. The van der Waals surface area contributed by atoms with Gasteiger partial charge in [0.2, 0.25) is 0 Å². The van der Waals surface area contributed by atoms with Gasteiger partial charge >= 0.3 is 0 Å². The van der Waals surface area contributed by atoms with Crippen LogP contribution in [0.15, 0.2) is 18.2 Å². The Hall–Kier alpha value is -1.22. The predicted molar refractivity (Wildman–Crippen MR) is 142 cm³/mol. The average Bonchev–Trinajstić information content (AvgIpc) is 3.25. The van der Waals surface area contributed by atoms with Gasteiger partial charge in [-0.1, -0.05) is 19.4 Å². The van der Waals surface area contributed by atoms with E-state index in [9.17, 15) is 0 Å². The van der Waals surface area contributed by atoms with Crippen molar-refractivity contribution >= 4 is 0 Å². The van der Waals surface area contributed by atoms with Gasteiger partial charge < -0.3 is 33.5 Å². The Labute approximate surface area is 223 Å². The summed E-state index contributed by atoms with van der Waals surface area (Å²) in [6.45, 7) is 5.51. The first-order valence-electron chi connectivity index (χ1n) is 14.2. The van der Waals surface area contributed by atoms with E-state index in [0.29, 0.717) is 56.4 Å². The zero-order valence-electron chi connectivity index (χ0n) is 23.1. The zero-order chi connectivity index (χ0) is 26.1. The quantitative estimate of drug-likeness (QED) is 0.245. The lowest BCUT2D eigenvalue weighted by atomic mass is 9.52. The first-order chi connectivity index (χ1) is 18.1. The lowest BCUT2D eigenvalue weighted by molar-refractivity contribution is -0.128. The Kier molecular flexibility index (Phi) is 11.1. The van der Waals surface area contributed by atoms with Crippen LogP contribution in [-0.2, 0) is 30.1 Å². The monoisotopic (exact) mass is 520 g/mol. The predicted octanol–water partition coefficient (Wildman–Crippen LogP) is 4.94. The maximum atomic E-state index is 8.79. The van der Waals surface area contributed by atoms with E-state index in [1.807, 2.05) is 0 Å². The number of hydrogen-bond acceptors (Lipinski definition) is 7. The molecule has 7 heteroatoms. The third-order valence-corrected chi connectivity index (χ3v) is 9.24. The molecule has 1 aromatic carbocycles. The van der Waals surface area contributed by atoms with Crippen LogP contribution in [0.5, 0.6) is 5.75 Å². The molecule has 0 heterocycles. The number of hydrogen-bond donors (Lipinski definition) is 1. The van der Waals surface area contributed by atoms with E-state index < -0.39 is 0 Å². The van der Waals surface area contributed by atoms with E-state index >= 15 is 0 Å². The Bertz CT molecular complexity index is 817. The molecular formula is C30H48O7. The normalized spacial score (nSPS) is 30.5. The van der Waals surface area contributed by atoms with Gasteiger partial charge in [0.05, 0.1) is 32.5 Å². The number of rotatable bonds is 16. The summed E-state index contributed by atoms with van der Waals surface area (Å²) in [5, 5.41) is 8.79. The van der Waals surface area contributed by atoms with E-state index in [0.717, 1.165) is 31.6 Å². The molecule has 0 spiro atoms. The molecule has 0 radical (unpaired) electrons. The zero-order valence-corrected chi connectivity index (χ0v) is 23.1. The van der Waals surface area contributed by atoms with Crippen LogP contribution < -0.4 is 4.74 Å². The van der Waals surface area contributed by atoms with Crippen molar-refractivity contribution in [1.82, 2.24) is 0 Å². The number of benzene rings is 1. The highest BCUT2D eigenvalue weighted by Gasteiger charge is 2.57. The van der Waals surface area contributed by atoms with Gasteiger partial charge in [-0.05, 0) is 97.3 Å². The number of ether oxygens (including phenoxy) is 6. The second-order valence-corrected chi connectivity index (χ2v) is 11.3. The fraction of sp³-hybridized carbons (Fsp3) is 0.800. The molecule has 2 fully saturated rings. The van der Waals surface area contributed by atoms with E-state index in [4.69, 9.17) is 33.5 Å². The van der Waals surface area contributed by atoms with Crippen molar-refractivity contribution in [3.8, 4) is 5.75 Å². The van der Waals surface area contributed by atoms with Crippen molar-refractivity contribution in [1.29, 1.82) is 0 Å². The Morgan fingerprint density at radius 3 is 2.54 bits per heavy atom. The third-order valence-electron chi connectivity index (χ3n) is 9.24. The van der Waals surface area contributed by atoms with Crippen molar-refractivity contribution < 1.29 is 33.5 Å². The van der Waals surface area contributed by atoms with Crippen LogP contribution in [0.4, 0.5) is 0 Å². The first kappa shape index (κ1) is 28.8. The molecule has 0 aromatic heterocycles. The molecule has 3 aliphatic carbocycles. The van der Waals surface area contributed by atoms with Crippen LogP contribution in [0, 0.1) is 23.2 Å². The van der Waals surface area contributed by atoms with Crippen LogP contribution in [-0.4, -0.2) is 72.1 Å². The number of methoxy groups -OCH3 is 2. The van der Waals surface area contributed by atoms with Crippen molar-refractivity contribution in [2.45, 2.75) is 70.3 Å². The Morgan fingerprint density at radius 2 is 1.76 bits per heavy atom. The molecule has 6 atom stereocenters. The molecule has 7 nitrogen and oxygen atoms in total. The smallest absolute Gasteiger partial charge is 0.188 e. The lowest BCUT2D eigenvalue weighted by Crippen LogP contribution is -2.47. The van der Waals surface area contributed by atoms with Gasteiger partial charge in [0, 0.05) is 20.8 Å². The van der Waals surface area contributed by atoms with E-state index in [1.54, 1.807) is 19.8 Å². The van der Waals surface area contributed by atoms with Gasteiger partial charge in [-0.2, -0.15) is 0 Å². The molecule has 0 bridgehead atoms. The van der Waals surface area contributed by atoms with E-state index in [-0.39, 0.29) is 18.8 Å². The summed E-state index contributed by atoms with van der Waals surface area (Å²) in [5.74, 6) is 3.57. The highest BCUT2D eigenvalue weighted by molar-refractivity contribution is 5.41. The molecular weight excluding hydrogens is 472 g/mol. The maximum Gasteiger partial charge on any atom is 0.188 e. The summed E-state index contributed by atoms with van der Waals surface area (Å²) in [5.41, 5.74) is 3.24. The fourth-order valence-electron chi connectivity index (χ4n) is 7.64. The molecule has 0 unspecified atom stereocenters. The number of fused-ring (bicyclic) bond motifs is 5. The van der Waals surface area contributed by atoms with Crippen molar-refractivity contribution in [2.75, 3.05) is 60.8 Å². The van der Waals surface area contributed by atoms with Gasteiger partial charge in [-0.25, -0.2) is 0 Å². The van der Waals surface area contributed by atoms with Gasteiger partial charge in [0.25, 0.3) is 0 Å². The third kappa shape index (κ3) is 6.87. The molecule has 3 aliphatic rings. The van der Waals surface area contributed by atoms with Crippen molar-refractivity contribution in [3.05, 3.63) is 29.3 Å². The maximum absolute atomic E-state index is 8.79. The SMILES string of the molecule is COCOc1ccc2c(c1)C[C@@H](CCCCOCCOCCO)[C@@H]1[C@@H]2CC[C@]2(C)[C@@H](OCOC)CC[C@@H]12. The number of unbranched alkanes of at least 4 members (excludes halogenated alkanes) is 1. The Morgan fingerprint density at radius 1 is 0.946 bits per heavy atom. The summed E-state index contributed by atoms with van der Waals surface area (Å²) in [7, 11) is 3.38. The molecule has 37 heavy (non-hydrogen) atoms. The second kappa shape index (κ2) is 14.2. The van der Waals surface area contributed by atoms with Gasteiger partial charge in [0.1, 0.15) is 12.5 Å². The summed E-state index contributed by atoms with van der Waals surface area (Å²) < 4.78 is 33.5. The van der Waals surface area contributed by atoms with Gasteiger partial charge in [-0.3, -0.25) is 0 Å². The standard InChI is InChI=1S/C30H48O7/c1-30-12-11-26-25-8-7-24(36-20-32-2)19-23(25)18-22(6-4-5-14-34-16-17-35-15-13-31)29(26)27(30)9-10-28(30)37-21-33-3/h7-8,19,22,26-29,31H,4-6,9-18,20-21H2,1-3H3/t22-,26-,27+,28+,29-,30+/m1/s1. The summed E-state index contributed by atoms with van der Waals surface area (Å²) >= 11 is 0. The molecule has 1 N–H and O–H groups in total. The lowest BCUT2D eigenvalue weighted by Gasteiger charge is -2.53. The molecule has 1 aromatic rings. The molecule has 210 valence electrons. The second-order valence-electron chi connectivity index (χ2n) is 11.3. The minimum atomic E-state index is 0.0615. The first-order valence-corrected chi connectivity index (χ1v) is 14.2. The highest BCUT2D eigenvalue weighted by atomic mass is 16.7. The summed E-state index contributed by atoms with van der Waals surface area (Å²) in [6, 6.07) is 6.72. The van der Waals surface area contributed by atoms with Crippen LogP contribution in [0.2, 0.25) is 0 Å². The topological polar surface area (TPSA) is 75.6 Å². The van der Waals surface area contributed by atoms with Crippen LogP contribution >= 0.6 is 0 Å². The van der Waals surface area contributed by atoms with E-state index in [2.05, 4.69) is 25.1 Å². The summed E-state index contributed by atoms with van der Waals surface area (Å²) in [4.78, 5) is 0. The fourth-order valence-corrected chi connectivity index (χ4v) is 7.64. The summed E-state index contributed by atoms with van der Waals surface area (Å²) in [6.07, 6.45) is 9.72. The molecule has 0 saturated heterocycles. The highest BCUT2D eigenvalue weighted by Crippen LogP contribution is 2.63. The van der Waals surface area contributed by atoms with Crippen molar-refractivity contribution in [2.24, 2.45) is 23.2 Å². The molecule has 2 saturated carbocycles. The van der Waals surface area contributed by atoms with E-state index in [1.165, 1.54) is 37.7 Å². The van der Waals surface area contributed by atoms with Gasteiger partial charge in [-0.15, -0.1) is 0 Å². The minimum Gasteiger partial charge on any atom is -0.468 e.